The molecule has 5 heteroatoms. The second kappa shape index (κ2) is 7.39. The van der Waals surface area contributed by atoms with E-state index in [9.17, 15) is 4.79 Å². The highest BCUT2D eigenvalue weighted by Crippen LogP contribution is 2.38. The number of carbonyl (C=O) groups excluding carboxylic acids is 1. The maximum atomic E-state index is 12.6. The number of aliphatic imine (C=N–C) groups is 1. The Balaban J connectivity index is 1.57. The van der Waals surface area contributed by atoms with Gasteiger partial charge in [-0.2, -0.15) is 0 Å². The molecule has 0 N–H and O–H groups in total. The van der Waals surface area contributed by atoms with Crippen LogP contribution in [0.1, 0.15) is 51.0 Å². The smallest absolute Gasteiger partial charge is 0.340 e. The van der Waals surface area contributed by atoms with Gasteiger partial charge in [0.25, 0.3) is 0 Å². The van der Waals surface area contributed by atoms with Crippen LogP contribution in [0, 0.1) is 0 Å². The van der Waals surface area contributed by atoms with Crippen molar-refractivity contribution in [1.29, 1.82) is 0 Å². The first-order chi connectivity index (χ1) is 12.7. The Morgan fingerprint density at radius 3 is 2.54 bits per heavy atom. The van der Waals surface area contributed by atoms with Crippen molar-refractivity contribution in [2.24, 2.45) is 4.99 Å². The van der Waals surface area contributed by atoms with E-state index in [1.165, 1.54) is 19.4 Å². The molecule has 1 saturated heterocycles. The average molecular weight is 355 g/mol. The summed E-state index contributed by atoms with van der Waals surface area (Å²) in [6.07, 6.45) is 6.17. The minimum atomic E-state index is -0.611. The van der Waals surface area contributed by atoms with Crippen molar-refractivity contribution in [3.63, 3.8) is 0 Å². The number of esters is 1. The van der Waals surface area contributed by atoms with Gasteiger partial charge in [-0.05, 0) is 37.9 Å². The topological polar surface area (TPSA) is 45.1 Å². The fourth-order valence-corrected chi connectivity index (χ4v) is 4.47. The zero-order valence-corrected chi connectivity index (χ0v) is 15.7. The van der Waals surface area contributed by atoms with Gasteiger partial charge in [0.1, 0.15) is 0 Å². The summed E-state index contributed by atoms with van der Waals surface area (Å²) < 4.78 is 5.71. The second-order valence-electron chi connectivity index (χ2n) is 7.74. The van der Waals surface area contributed by atoms with E-state index in [0.29, 0.717) is 5.90 Å². The third-order valence-corrected chi connectivity index (χ3v) is 5.95. The summed E-state index contributed by atoms with van der Waals surface area (Å²) in [7, 11) is 0. The molecule has 2 fully saturated rings. The molecule has 0 unspecified atom stereocenters. The van der Waals surface area contributed by atoms with E-state index in [-0.39, 0.29) is 5.97 Å². The molecule has 1 spiro atoms. The Morgan fingerprint density at radius 2 is 1.81 bits per heavy atom. The first kappa shape index (κ1) is 17.5. The average Bonchev–Trinajstić information content (AvgIpc) is 2.99. The quantitative estimate of drug-likeness (QED) is 0.778. The van der Waals surface area contributed by atoms with Crippen LogP contribution >= 0.6 is 0 Å². The van der Waals surface area contributed by atoms with E-state index >= 15 is 0 Å². The number of nitrogens with zero attached hydrogens (tertiary/aromatic N) is 3. The predicted molar refractivity (Wildman–Crippen MR) is 104 cm³/mol. The van der Waals surface area contributed by atoms with Crippen molar-refractivity contribution >= 4 is 17.6 Å². The van der Waals surface area contributed by atoms with Crippen molar-refractivity contribution in [1.82, 2.24) is 4.90 Å². The lowest BCUT2D eigenvalue weighted by Crippen LogP contribution is -2.47. The molecule has 2 aliphatic heterocycles. The summed E-state index contributed by atoms with van der Waals surface area (Å²) in [6.45, 7) is 7.57. The van der Waals surface area contributed by atoms with Crippen LogP contribution in [0.3, 0.4) is 0 Å². The van der Waals surface area contributed by atoms with Crippen molar-refractivity contribution < 1.29 is 9.53 Å². The number of para-hydroxylation sites is 1. The largest absolute Gasteiger partial charge is 0.405 e. The number of piperazine rings is 1. The van der Waals surface area contributed by atoms with Gasteiger partial charge in [-0.15, -0.1) is 0 Å². The minimum absolute atomic E-state index is 0.144. The summed E-state index contributed by atoms with van der Waals surface area (Å²) >= 11 is 0. The monoisotopic (exact) mass is 355 g/mol. The van der Waals surface area contributed by atoms with Crippen molar-refractivity contribution in [3.05, 3.63) is 29.8 Å². The normalized spacial score (nSPS) is 23.2. The van der Waals surface area contributed by atoms with Gasteiger partial charge in [0.15, 0.2) is 5.54 Å². The molecule has 0 aromatic heterocycles. The Bertz CT molecular complexity index is 686. The predicted octanol–water partition coefficient (Wildman–Crippen LogP) is 3.22. The number of hydrogen-bond donors (Lipinski definition) is 0. The highest BCUT2D eigenvalue weighted by atomic mass is 16.6. The Morgan fingerprint density at radius 1 is 1.08 bits per heavy atom. The second-order valence-corrected chi connectivity index (χ2v) is 7.74. The molecule has 1 aromatic carbocycles. The SMILES string of the molecule is CCCN1CCN(c2ccccc2C2=NC3(CCCCC3)C(=O)O2)CC1. The van der Waals surface area contributed by atoms with Crippen LogP contribution < -0.4 is 4.90 Å². The first-order valence-electron chi connectivity index (χ1n) is 10.1. The van der Waals surface area contributed by atoms with Gasteiger partial charge < -0.3 is 9.64 Å². The molecule has 4 rings (SSSR count). The van der Waals surface area contributed by atoms with E-state index in [1.54, 1.807) is 0 Å². The zero-order valence-electron chi connectivity index (χ0n) is 15.7. The highest BCUT2D eigenvalue weighted by molar-refractivity contribution is 6.10. The summed E-state index contributed by atoms with van der Waals surface area (Å²) in [5.74, 6) is 0.387. The molecule has 0 atom stereocenters. The van der Waals surface area contributed by atoms with Crippen LogP contribution in [0.25, 0.3) is 0 Å². The summed E-state index contributed by atoms with van der Waals surface area (Å²) in [5.41, 5.74) is 1.50. The van der Waals surface area contributed by atoms with Crippen LogP contribution in [0.2, 0.25) is 0 Å². The molecule has 140 valence electrons. The van der Waals surface area contributed by atoms with E-state index in [1.807, 2.05) is 12.1 Å². The molecule has 26 heavy (non-hydrogen) atoms. The van der Waals surface area contributed by atoms with Gasteiger partial charge in [-0.25, -0.2) is 9.79 Å². The third kappa shape index (κ3) is 3.25. The number of hydrogen-bond acceptors (Lipinski definition) is 5. The van der Waals surface area contributed by atoms with Gasteiger partial charge in [0, 0.05) is 31.9 Å². The van der Waals surface area contributed by atoms with Gasteiger partial charge in [0.2, 0.25) is 5.90 Å². The lowest BCUT2D eigenvalue weighted by molar-refractivity contribution is -0.140. The van der Waals surface area contributed by atoms with Crippen molar-refractivity contribution in [2.45, 2.75) is 51.0 Å². The molecule has 3 aliphatic rings. The lowest BCUT2D eigenvalue weighted by atomic mass is 9.83. The van der Waals surface area contributed by atoms with E-state index in [0.717, 1.165) is 63.1 Å². The summed E-state index contributed by atoms with van der Waals surface area (Å²) in [6, 6.07) is 8.24. The van der Waals surface area contributed by atoms with Crippen LogP contribution in [0.15, 0.2) is 29.3 Å². The molecule has 1 aliphatic carbocycles. The molecule has 1 saturated carbocycles. The van der Waals surface area contributed by atoms with Crippen LogP contribution in [0.4, 0.5) is 5.69 Å². The Labute approximate surface area is 156 Å². The minimum Gasteiger partial charge on any atom is -0.405 e. The van der Waals surface area contributed by atoms with E-state index < -0.39 is 5.54 Å². The molecule has 0 radical (unpaired) electrons. The fourth-order valence-electron chi connectivity index (χ4n) is 4.47. The van der Waals surface area contributed by atoms with Gasteiger partial charge in [-0.1, -0.05) is 38.3 Å². The van der Waals surface area contributed by atoms with Gasteiger partial charge in [0.05, 0.1) is 5.56 Å². The van der Waals surface area contributed by atoms with Crippen LogP contribution in [0.5, 0.6) is 0 Å². The number of benzene rings is 1. The molecule has 2 heterocycles. The lowest BCUT2D eigenvalue weighted by Gasteiger charge is -2.36. The molecule has 0 bridgehead atoms. The van der Waals surface area contributed by atoms with Crippen molar-refractivity contribution in [2.75, 3.05) is 37.6 Å². The van der Waals surface area contributed by atoms with E-state index in [4.69, 9.17) is 9.73 Å². The van der Waals surface area contributed by atoms with Crippen LogP contribution in [-0.2, 0) is 9.53 Å². The fraction of sp³-hybridized carbons (Fsp3) is 0.619. The summed E-state index contributed by atoms with van der Waals surface area (Å²) in [4.78, 5) is 22.3. The Kier molecular flexibility index (Phi) is 4.98. The molecule has 5 nitrogen and oxygen atoms in total. The maximum Gasteiger partial charge on any atom is 0.340 e. The van der Waals surface area contributed by atoms with Gasteiger partial charge in [-0.3, -0.25) is 4.90 Å². The van der Waals surface area contributed by atoms with E-state index in [2.05, 4.69) is 28.9 Å². The van der Waals surface area contributed by atoms with Crippen molar-refractivity contribution in [3.8, 4) is 0 Å². The number of anilines is 1. The van der Waals surface area contributed by atoms with Gasteiger partial charge >= 0.3 is 5.97 Å². The zero-order chi connectivity index (χ0) is 18.0. The maximum absolute atomic E-state index is 12.6. The highest BCUT2D eigenvalue weighted by Gasteiger charge is 2.47. The number of carbonyl (C=O) groups is 1. The first-order valence-corrected chi connectivity index (χ1v) is 10.1. The molecule has 1 aromatic rings. The number of ether oxygens (including phenoxy) is 1. The third-order valence-electron chi connectivity index (χ3n) is 5.95. The standard InChI is InChI=1S/C21H29N3O2/c1-2-12-23-13-15-24(16-14-23)18-9-5-4-8-17(18)19-22-21(20(25)26-19)10-6-3-7-11-21/h4-5,8-9H,2-3,6-7,10-16H2,1H3. The molecular formula is C21H29N3O2. The summed E-state index contributed by atoms with van der Waals surface area (Å²) in [5, 5.41) is 0. The van der Waals surface area contributed by atoms with Crippen LogP contribution in [-0.4, -0.2) is 55.0 Å². The Hall–Kier alpha value is -1.88. The number of cyclic esters (lactones) is 1. The number of rotatable bonds is 4. The molecule has 0 amide bonds. The molecular weight excluding hydrogens is 326 g/mol.